The van der Waals surface area contributed by atoms with E-state index in [0.717, 1.165) is 17.0 Å². The Morgan fingerprint density at radius 3 is 3.07 bits per heavy atom. The van der Waals surface area contributed by atoms with Crippen molar-refractivity contribution in [3.8, 4) is 0 Å². The van der Waals surface area contributed by atoms with Crippen molar-refractivity contribution >= 4 is 23.4 Å². The van der Waals surface area contributed by atoms with E-state index >= 15 is 0 Å². The Kier molecular flexibility index (Phi) is 2.97. The molecule has 78 valence electrons. The summed E-state index contributed by atoms with van der Waals surface area (Å²) in [4.78, 5) is 16.7. The van der Waals surface area contributed by atoms with Gasteiger partial charge in [-0.2, -0.15) is 0 Å². The average Bonchev–Trinajstić information content (AvgIpc) is 2.26. The minimum Gasteiger partial charge on any atom is -0.344 e. The average molecular weight is 221 g/mol. The Morgan fingerprint density at radius 1 is 1.47 bits per heavy atom. The van der Waals surface area contributed by atoms with E-state index in [4.69, 9.17) is 4.84 Å². The maximum Gasteiger partial charge on any atom is 0.329 e. The van der Waals surface area contributed by atoms with Gasteiger partial charge in [0.05, 0.1) is 5.70 Å². The Morgan fingerprint density at radius 2 is 2.27 bits per heavy atom. The molecule has 1 heterocycles. The lowest BCUT2D eigenvalue weighted by Gasteiger charge is -2.17. The molecule has 0 spiro atoms. The summed E-state index contributed by atoms with van der Waals surface area (Å²) < 4.78 is 0. The highest BCUT2D eigenvalue weighted by Crippen LogP contribution is 2.31. The molecule has 2 rings (SSSR count). The monoisotopic (exact) mass is 221 g/mol. The van der Waals surface area contributed by atoms with E-state index in [1.807, 2.05) is 24.3 Å². The predicted octanol–water partition coefficient (Wildman–Crippen LogP) is 2.20. The van der Waals surface area contributed by atoms with Crippen LogP contribution in [0.2, 0.25) is 0 Å². The van der Waals surface area contributed by atoms with Crippen molar-refractivity contribution in [2.75, 3.05) is 5.75 Å². The fourth-order valence-corrected chi connectivity index (χ4v) is 2.30. The van der Waals surface area contributed by atoms with Crippen molar-refractivity contribution in [3.63, 3.8) is 0 Å². The number of hydrogen-bond acceptors (Lipinski definition) is 4. The van der Waals surface area contributed by atoms with E-state index in [1.54, 1.807) is 11.8 Å². The van der Waals surface area contributed by atoms with Gasteiger partial charge < -0.3 is 4.84 Å². The van der Waals surface area contributed by atoms with Crippen molar-refractivity contribution in [1.29, 1.82) is 0 Å². The molecule has 0 saturated carbocycles. The van der Waals surface area contributed by atoms with Gasteiger partial charge in [-0.25, -0.2) is 5.48 Å². The van der Waals surface area contributed by atoms with Crippen molar-refractivity contribution in [3.05, 3.63) is 35.9 Å². The van der Waals surface area contributed by atoms with Crippen LogP contribution in [0.4, 0.5) is 0 Å². The summed E-state index contributed by atoms with van der Waals surface area (Å²) >= 11 is 1.77. The van der Waals surface area contributed by atoms with Crippen molar-refractivity contribution < 1.29 is 9.63 Å². The maximum absolute atomic E-state index is 10.7. The quantitative estimate of drug-likeness (QED) is 0.777. The number of hydroxylamine groups is 1. The summed E-state index contributed by atoms with van der Waals surface area (Å²) in [5, 5.41) is 0. The molecule has 0 atom stereocenters. The molecule has 15 heavy (non-hydrogen) atoms. The van der Waals surface area contributed by atoms with Crippen LogP contribution in [-0.4, -0.2) is 11.7 Å². The summed E-state index contributed by atoms with van der Waals surface area (Å²) in [5.74, 6) is 0.548. The largest absolute Gasteiger partial charge is 0.344 e. The van der Waals surface area contributed by atoms with Gasteiger partial charge in [-0.1, -0.05) is 18.2 Å². The smallest absolute Gasteiger partial charge is 0.329 e. The first-order chi connectivity index (χ1) is 7.27. The van der Waals surface area contributed by atoms with Crippen LogP contribution in [-0.2, 0) is 9.63 Å². The molecule has 0 fully saturated rings. The van der Waals surface area contributed by atoms with Crippen LogP contribution in [0, 0.1) is 0 Å². The lowest BCUT2D eigenvalue weighted by Crippen LogP contribution is -2.18. The van der Waals surface area contributed by atoms with Crippen LogP contribution in [0.15, 0.2) is 35.2 Å². The fourth-order valence-electron chi connectivity index (χ4n) is 1.36. The van der Waals surface area contributed by atoms with E-state index in [-0.39, 0.29) is 5.97 Å². The third kappa shape index (κ3) is 2.33. The van der Waals surface area contributed by atoms with Crippen LogP contribution >= 0.6 is 11.8 Å². The normalized spacial score (nSPS) is 13.8. The molecule has 0 amide bonds. The van der Waals surface area contributed by atoms with Gasteiger partial charge in [0.25, 0.3) is 0 Å². The molecule has 1 aromatic carbocycles. The Labute approximate surface area is 92.5 Å². The zero-order valence-electron chi connectivity index (χ0n) is 8.32. The lowest BCUT2D eigenvalue weighted by molar-refractivity contribution is -0.145. The summed E-state index contributed by atoms with van der Waals surface area (Å²) in [5.41, 5.74) is 4.61. The molecule has 1 aliphatic heterocycles. The van der Waals surface area contributed by atoms with Crippen molar-refractivity contribution in [2.24, 2.45) is 0 Å². The molecule has 0 aliphatic carbocycles. The molecule has 0 radical (unpaired) electrons. The van der Waals surface area contributed by atoms with Gasteiger partial charge in [0.2, 0.25) is 0 Å². The lowest BCUT2D eigenvalue weighted by atomic mass is 10.1. The highest BCUT2D eigenvalue weighted by atomic mass is 32.2. The topological polar surface area (TPSA) is 38.3 Å². The molecule has 1 aliphatic rings. The standard InChI is InChI=1S/C11H11NO2S/c1-8(13)14-12-10-6-7-15-11-5-3-2-4-9(10)11/h2-6,12H,7H2,1H3. The van der Waals surface area contributed by atoms with E-state index < -0.39 is 0 Å². The molecule has 4 heteroatoms. The highest BCUT2D eigenvalue weighted by molar-refractivity contribution is 7.99. The molecular weight excluding hydrogens is 210 g/mol. The second-order valence-corrected chi connectivity index (χ2v) is 4.18. The molecule has 0 aromatic heterocycles. The van der Waals surface area contributed by atoms with Gasteiger partial charge in [0.15, 0.2) is 0 Å². The van der Waals surface area contributed by atoms with Crippen LogP contribution in [0.25, 0.3) is 5.70 Å². The number of benzene rings is 1. The van der Waals surface area contributed by atoms with Gasteiger partial charge in [0.1, 0.15) is 0 Å². The first-order valence-electron chi connectivity index (χ1n) is 4.63. The third-order valence-corrected chi connectivity index (χ3v) is 3.01. The van der Waals surface area contributed by atoms with Gasteiger partial charge >= 0.3 is 5.97 Å². The molecule has 3 nitrogen and oxygen atoms in total. The fraction of sp³-hybridized carbons (Fsp3) is 0.182. The Bertz CT molecular complexity index is 415. The van der Waals surface area contributed by atoms with E-state index in [1.165, 1.54) is 11.8 Å². The van der Waals surface area contributed by atoms with E-state index in [0.29, 0.717) is 0 Å². The number of hydrogen-bond donors (Lipinski definition) is 1. The van der Waals surface area contributed by atoms with Crippen LogP contribution in [0.5, 0.6) is 0 Å². The highest BCUT2D eigenvalue weighted by Gasteiger charge is 2.12. The Hall–Kier alpha value is -1.42. The number of thioether (sulfide) groups is 1. The molecule has 1 aromatic rings. The SMILES string of the molecule is CC(=O)ONC1=CCSc2ccccc21. The van der Waals surface area contributed by atoms with Crippen LogP contribution in [0.1, 0.15) is 12.5 Å². The number of nitrogens with one attached hydrogen (secondary N) is 1. The molecular formula is C11H11NO2S. The van der Waals surface area contributed by atoms with E-state index in [9.17, 15) is 4.79 Å². The summed E-state index contributed by atoms with van der Waals surface area (Å²) in [7, 11) is 0. The third-order valence-electron chi connectivity index (χ3n) is 2.01. The second kappa shape index (κ2) is 4.40. The minimum atomic E-state index is -0.341. The second-order valence-electron chi connectivity index (χ2n) is 3.12. The molecule has 1 N–H and O–H groups in total. The summed E-state index contributed by atoms with van der Waals surface area (Å²) in [6, 6.07) is 8.03. The van der Waals surface area contributed by atoms with Gasteiger partial charge in [-0.3, -0.25) is 4.79 Å². The number of rotatable bonds is 2. The number of carbonyl (C=O) groups excluding carboxylic acids is 1. The number of fused-ring (bicyclic) bond motifs is 1. The minimum absolute atomic E-state index is 0.341. The number of carbonyl (C=O) groups is 1. The summed E-state index contributed by atoms with van der Waals surface area (Å²) in [6.45, 7) is 1.37. The van der Waals surface area contributed by atoms with Crippen molar-refractivity contribution in [2.45, 2.75) is 11.8 Å². The van der Waals surface area contributed by atoms with Crippen molar-refractivity contribution in [1.82, 2.24) is 5.48 Å². The van der Waals surface area contributed by atoms with E-state index in [2.05, 4.69) is 11.5 Å². The maximum atomic E-state index is 10.7. The van der Waals surface area contributed by atoms with Gasteiger partial charge in [-0.15, -0.1) is 11.8 Å². The predicted molar refractivity (Wildman–Crippen MR) is 60.0 cm³/mol. The van der Waals surface area contributed by atoms with Crippen LogP contribution in [0.3, 0.4) is 0 Å². The van der Waals surface area contributed by atoms with Gasteiger partial charge in [-0.05, 0) is 12.1 Å². The summed E-state index contributed by atoms with van der Waals surface area (Å²) in [6.07, 6.45) is 2.01. The zero-order chi connectivity index (χ0) is 10.7. The zero-order valence-corrected chi connectivity index (χ0v) is 9.14. The van der Waals surface area contributed by atoms with Crippen LogP contribution < -0.4 is 5.48 Å². The molecule has 0 bridgehead atoms. The first kappa shape index (κ1) is 10.1. The van der Waals surface area contributed by atoms with Gasteiger partial charge in [0, 0.05) is 23.1 Å². The Balaban J connectivity index is 2.19. The first-order valence-corrected chi connectivity index (χ1v) is 5.62. The molecule has 0 unspecified atom stereocenters. The molecule has 0 saturated heterocycles.